The minimum atomic E-state index is -4.34. The molecule has 4 nitrogen and oxygen atoms in total. The lowest BCUT2D eigenvalue weighted by molar-refractivity contribution is -0.0327. The molecule has 0 atom stereocenters. The van der Waals surface area contributed by atoms with E-state index in [0.717, 1.165) is 12.1 Å². The molecule has 0 aliphatic carbocycles. The molecule has 0 fully saturated rings. The Morgan fingerprint density at radius 2 is 2.10 bits per heavy atom. The van der Waals surface area contributed by atoms with Gasteiger partial charge in [-0.3, -0.25) is 0 Å². The highest BCUT2D eigenvalue weighted by molar-refractivity contribution is 8.00. The maximum Gasteiger partial charge on any atom is 0.441 e. The predicted molar refractivity (Wildman–Crippen MR) is 73.8 cm³/mol. The summed E-state index contributed by atoms with van der Waals surface area (Å²) in [6, 6.07) is 2.05. The van der Waals surface area contributed by atoms with Crippen LogP contribution >= 0.6 is 11.8 Å². The second-order valence-corrected chi connectivity index (χ2v) is 5.02. The van der Waals surface area contributed by atoms with Gasteiger partial charge in [-0.05, 0) is 30.8 Å². The Bertz CT molecular complexity index is 509. The van der Waals surface area contributed by atoms with Crippen LogP contribution in [-0.4, -0.2) is 30.4 Å². The summed E-state index contributed by atoms with van der Waals surface area (Å²) >= 11 is -0.221. The third kappa shape index (κ3) is 5.70. The fraction of sp³-hybridized carbons (Fsp3) is 0.417. The number of hydrogen-bond acceptors (Lipinski definition) is 5. The Hall–Kier alpha value is -1.64. The van der Waals surface area contributed by atoms with E-state index in [2.05, 4.69) is 5.32 Å². The third-order valence-corrected chi connectivity index (χ3v) is 3.05. The lowest BCUT2D eigenvalue weighted by Gasteiger charge is -2.12. The number of ether oxygens (including phenoxy) is 1. The van der Waals surface area contributed by atoms with Crippen molar-refractivity contribution in [2.24, 2.45) is 0 Å². The van der Waals surface area contributed by atoms with Crippen LogP contribution in [0.3, 0.4) is 0 Å². The van der Waals surface area contributed by atoms with E-state index >= 15 is 0 Å². The molecule has 118 valence electrons. The van der Waals surface area contributed by atoms with E-state index in [1.165, 1.54) is 0 Å². The van der Waals surface area contributed by atoms with Crippen molar-refractivity contribution in [1.29, 1.82) is 0 Å². The molecule has 0 saturated carbocycles. The lowest BCUT2D eigenvalue weighted by atomic mass is 10.1. The van der Waals surface area contributed by atoms with Crippen molar-refractivity contribution in [3.05, 3.63) is 23.5 Å². The molecular weight excluding hydrogens is 312 g/mol. The summed E-state index contributed by atoms with van der Waals surface area (Å²) in [6.07, 6.45) is 0. The van der Waals surface area contributed by atoms with Gasteiger partial charge in [0, 0.05) is 18.0 Å². The summed E-state index contributed by atoms with van der Waals surface area (Å²) in [5.41, 5.74) is 0.940. The Balaban J connectivity index is 2.74. The monoisotopic (exact) mass is 326 g/mol. The first kappa shape index (κ1) is 17.4. The van der Waals surface area contributed by atoms with E-state index in [4.69, 9.17) is 10.5 Å². The van der Waals surface area contributed by atoms with Gasteiger partial charge in [0.1, 0.15) is 5.82 Å². The molecule has 1 rings (SSSR count). The van der Waals surface area contributed by atoms with E-state index in [-0.39, 0.29) is 47.6 Å². The van der Waals surface area contributed by atoms with Crippen molar-refractivity contribution in [3.63, 3.8) is 0 Å². The minimum absolute atomic E-state index is 0.0378. The van der Waals surface area contributed by atoms with Crippen molar-refractivity contribution < 1.29 is 27.1 Å². The largest absolute Gasteiger partial charge is 0.462 e. The first-order valence-electron chi connectivity index (χ1n) is 5.95. The van der Waals surface area contributed by atoms with Crippen molar-refractivity contribution in [2.75, 3.05) is 30.0 Å². The Morgan fingerprint density at radius 1 is 1.43 bits per heavy atom. The van der Waals surface area contributed by atoms with Crippen LogP contribution in [0, 0.1) is 5.82 Å². The van der Waals surface area contributed by atoms with Gasteiger partial charge in [-0.1, -0.05) is 0 Å². The molecule has 0 radical (unpaired) electrons. The lowest BCUT2D eigenvalue weighted by Crippen LogP contribution is -2.13. The highest BCUT2D eigenvalue weighted by Gasteiger charge is 2.27. The average molecular weight is 326 g/mol. The quantitative estimate of drug-likeness (QED) is 0.364. The number of esters is 1. The van der Waals surface area contributed by atoms with E-state index < -0.39 is 17.3 Å². The Kier molecular flexibility index (Phi) is 6.13. The predicted octanol–water partition coefficient (Wildman–Crippen LogP) is 3.25. The molecule has 0 heterocycles. The summed E-state index contributed by atoms with van der Waals surface area (Å²) in [5, 5.41) is 2.49. The van der Waals surface area contributed by atoms with Crippen molar-refractivity contribution in [1.82, 2.24) is 0 Å². The van der Waals surface area contributed by atoms with Gasteiger partial charge in [-0.2, -0.15) is 13.2 Å². The number of nitrogens with two attached hydrogens (primary N) is 1. The average Bonchev–Trinajstić information content (AvgIpc) is 2.35. The van der Waals surface area contributed by atoms with E-state index in [1.807, 2.05) is 0 Å². The number of halogens is 4. The number of nitrogen functional groups attached to an aromatic ring is 1. The van der Waals surface area contributed by atoms with Gasteiger partial charge in [0.25, 0.3) is 0 Å². The number of carbonyl (C=O) groups is 1. The third-order valence-electron chi connectivity index (χ3n) is 2.32. The SMILES string of the molecule is CCOC(=O)c1cc(NCCSC(F)(F)F)c(F)cc1N. The van der Waals surface area contributed by atoms with Gasteiger partial charge >= 0.3 is 11.5 Å². The highest BCUT2D eigenvalue weighted by atomic mass is 32.2. The molecule has 0 bridgehead atoms. The first-order valence-corrected chi connectivity index (χ1v) is 6.94. The van der Waals surface area contributed by atoms with Gasteiger partial charge in [0.15, 0.2) is 0 Å². The molecule has 0 saturated heterocycles. The van der Waals surface area contributed by atoms with Gasteiger partial charge in [-0.25, -0.2) is 9.18 Å². The summed E-state index contributed by atoms with van der Waals surface area (Å²) < 4.78 is 54.2. The first-order chi connectivity index (χ1) is 9.74. The zero-order chi connectivity index (χ0) is 16.0. The molecule has 3 N–H and O–H groups in total. The zero-order valence-corrected chi connectivity index (χ0v) is 11.9. The van der Waals surface area contributed by atoms with E-state index in [0.29, 0.717) is 0 Å². The molecule has 0 spiro atoms. The Labute approximate surface area is 123 Å². The number of rotatable bonds is 6. The maximum atomic E-state index is 13.6. The van der Waals surface area contributed by atoms with Crippen LogP contribution in [0.5, 0.6) is 0 Å². The molecule has 0 aliphatic rings. The van der Waals surface area contributed by atoms with Crippen LogP contribution in [0.25, 0.3) is 0 Å². The van der Waals surface area contributed by atoms with Gasteiger partial charge in [-0.15, -0.1) is 0 Å². The van der Waals surface area contributed by atoms with E-state index in [9.17, 15) is 22.4 Å². The fourth-order valence-electron chi connectivity index (χ4n) is 1.46. The second-order valence-electron chi connectivity index (χ2n) is 3.86. The number of nitrogens with one attached hydrogen (secondary N) is 1. The summed E-state index contributed by atoms with van der Waals surface area (Å²) in [6.45, 7) is 1.61. The number of benzene rings is 1. The number of hydrogen-bond donors (Lipinski definition) is 2. The molecule has 21 heavy (non-hydrogen) atoms. The van der Waals surface area contributed by atoms with Crippen LogP contribution in [0.1, 0.15) is 17.3 Å². The zero-order valence-electron chi connectivity index (χ0n) is 11.1. The summed E-state index contributed by atoms with van der Waals surface area (Å²) in [4.78, 5) is 11.6. The standard InChI is InChI=1S/C12H14F4N2O2S/c1-2-20-11(19)7-5-10(8(13)6-9(7)17)18-3-4-21-12(14,15)16/h5-6,18H,2-4,17H2,1H3. The molecule has 0 amide bonds. The molecule has 1 aromatic rings. The van der Waals surface area contributed by atoms with Crippen molar-refractivity contribution in [3.8, 4) is 0 Å². The molecule has 0 unspecified atom stereocenters. The van der Waals surface area contributed by atoms with Crippen LogP contribution in [0.4, 0.5) is 28.9 Å². The number of thioether (sulfide) groups is 1. The van der Waals surface area contributed by atoms with Crippen LogP contribution in [-0.2, 0) is 4.74 Å². The second kappa shape index (κ2) is 7.39. The molecule has 0 aliphatic heterocycles. The van der Waals surface area contributed by atoms with Crippen molar-refractivity contribution >= 4 is 29.1 Å². The van der Waals surface area contributed by atoms with Crippen LogP contribution in [0.2, 0.25) is 0 Å². The van der Waals surface area contributed by atoms with Gasteiger partial charge in [0.05, 0.1) is 17.9 Å². The Morgan fingerprint density at radius 3 is 2.67 bits per heavy atom. The van der Waals surface area contributed by atoms with Crippen LogP contribution in [0.15, 0.2) is 12.1 Å². The normalized spacial score (nSPS) is 11.3. The number of carbonyl (C=O) groups excluding carboxylic acids is 1. The number of anilines is 2. The highest BCUT2D eigenvalue weighted by Crippen LogP contribution is 2.30. The van der Waals surface area contributed by atoms with E-state index in [1.54, 1.807) is 6.92 Å². The summed E-state index contributed by atoms with van der Waals surface area (Å²) in [5.74, 6) is -1.76. The van der Waals surface area contributed by atoms with Gasteiger partial charge in [0.2, 0.25) is 0 Å². The molecular formula is C12H14F4N2O2S. The fourth-order valence-corrected chi connectivity index (χ4v) is 1.90. The summed E-state index contributed by atoms with van der Waals surface area (Å²) in [7, 11) is 0. The topological polar surface area (TPSA) is 64.3 Å². The molecule has 9 heteroatoms. The minimum Gasteiger partial charge on any atom is -0.462 e. The smallest absolute Gasteiger partial charge is 0.441 e. The maximum absolute atomic E-state index is 13.6. The van der Waals surface area contributed by atoms with Gasteiger partial charge < -0.3 is 15.8 Å². The van der Waals surface area contributed by atoms with Crippen LogP contribution < -0.4 is 11.1 Å². The molecule has 0 aromatic heterocycles. The molecule has 1 aromatic carbocycles. The van der Waals surface area contributed by atoms with Crippen molar-refractivity contribution in [2.45, 2.75) is 12.4 Å². The number of alkyl halides is 3.